The lowest BCUT2D eigenvalue weighted by Crippen LogP contribution is -2.28. The Hall–Kier alpha value is -5.83. The number of nitrogens with two attached hydrogens (primary N) is 1. The number of carbonyl (C=O) groups excluding carboxylic acids is 2. The average Bonchev–Trinajstić information content (AvgIpc) is 3.06. The van der Waals surface area contributed by atoms with Crippen molar-refractivity contribution >= 4 is 82.6 Å². The Labute approximate surface area is 302 Å². The van der Waals surface area contributed by atoms with Crippen LogP contribution < -0.4 is 16.6 Å². The van der Waals surface area contributed by atoms with Gasteiger partial charge >= 0.3 is 0 Å². The smallest absolute Gasteiger partial charge is 0.296 e. The Kier molecular flexibility index (Phi) is 9.27. The van der Waals surface area contributed by atoms with Gasteiger partial charge in [0.25, 0.3) is 30.4 Å². The third kappa shape index (κ3) is 7.16. The summed E-state index contributed by atoms with van der Waals surface area (Å²) in [4.78, 5) is 24.4. The van der Waals surface area contributed by atoms with Crippen LogP contribution in [-0.4, -0.2) is 61.9 Å². The highest BCUT2D eigenvalue weighted by Gasteiger charge is 2.36. The van der Waals surface area contributed by atoms with Crippen molar-refractivity contribution in [3.63, 3.8) is 0 Å². The largest absolute Gasteiger partial charge is 0.398 e. The minimum atomic E-state index is -5.01. The summed E-state index contributed by atoms with van der Waals surface area (Å²) in [6.45, 7) is 3.50. The summed E-state index contributed by atoms with van der Waals surface area (Å²) in [7, 11) is -14.5. The molecule has 272 valence electrons. The number of hydrazone groups is 2. The molecule has 0 saturated heterocycles. The van der Waals surface area contributed by atoms with Gasteiger partial charge in [0, 0.05) is 11.3 Å². The van der Waals surface area contributed by atoms with E-state index in [-0.39, 0.29) is 28.1 Å². The van der Waals surface area contributed by atoms with Gasteiger partial charge in [-0.2, -0.15) is 35.5 Å². The van der Waals surface area contributed by atoms with E-state index >= 15 is 0 Å². The molecule has 0 atom stereocenters. The third-order valence-corrected chi connectivity index (χ3v) is 11.0. The first kappa shape index (κ1) is 36.9. The number of Topliss-reactive ketones (excluding diaryl/α,β-unsaturated/α-hetero) is 2. The van der Waals surface area contributed by atoms with Gasteiger partial charge in [0.15, 0.2) is 5.71 Å². The van der Waals surface area contributed by atoms with Crippen molar-refractivity contribution in [2.24, 2.45) is 10.2 Å². The number of aryl methyl sites for hydroxylation is 2. The normalized spacial score (nSPS) is 16.0. The van der Waals surface area contributed by atoms with Crippen LogP contribution in [0.5, 0.6) is 0 Å². The molecule has 6 rings (SSSR count). The van der Waals surface area contributed by atoms with Crippen LogP contribution in [0.25, 0.3) is 23.3 Å². The Morgan fingerprint density at radius 2 is 1.23 bits per heavy atom. The molecule has 0 unspecified atom stereocenters. The summed E-state index contributed by atoms with van der Waals surface area (Å²) in [5.41, 5.74) is 13.4. The van der Waals surface area contributed by atoms with E-state index in [0.717, 1.165) is 34.9 Å². The van der Waals surface area contributed by atoms with Crippen LogP contribution in [0.2, 0.25) is 0 Å². The van der Waals surface area contributed by atoms with E-state index in [1.165, 1.54) is 30.4 Å². The average molecular weight is 778 g/mol. The predicted octanol–water partition coefficient (Wildman–Crippen LogP) is 4.62. The van der Waals surface area contributed by atoms with Crippen LogP contribution in [0.15, 0.2) is 97.7 Å². The maximum atomic E-state index is 13.4. The Morgan fingerprint density at radius 1 is 0.642 bits per heavy atom. The highest BCUT2D eigenvalue weighted by atomic mass is 32.2. The Bertz CT molecular complexity index is 2770. The first-order chi connectivity index (χ1) is 24.8. The third-order valence-electron chi connectivity index (χ3n) is 8.33. The van der Waals surface area contributed by atoms with Gasteiger partial charge in [-0.3, -0.25) is 34.1 Å². The number of fused-ring (bicyclic) bond motifs is 2. The molecule has 2 aliphatic rings. The monoisotopic (exact) mass is 777 g/mol. The van der Waals surface area contributed by atoms with E-state index < -0.39 is 67.9 Å². The number of ketones is 2. The van der Waals surface area contributed by atoms with Crippen LogP contribution in [0, 0.1) is 13.8 Å². The lowest BCUT2D eigenvalue weighted by Gasteiger charge is -2.18. The molecule has 53 heavy (non-hydrogen) atoms. The van der Waals surface area contributed by atoms with Crippen molar-refractivity contribution in [2.45, 2.75) is 23.6 Å². The van der Waals surface area contributed by atoms with Crippen LogP contribution in [-0.2, 0) is 30.4 Å². The number of hydrogen-bond acceptors (Lipinski definition) is 13. The molecule has 4 aromatic rings. The van der Waals surface area contributed by atoms with Crippen molar-refractivity contribution in [1.82, 2.24) is 0 Å². The van der Waals surface area contributed by atoms with Gasteiger partial charge in [-0.1, -0.05) is 30.3 Å². The van der Waals surface area contributed by atoms with Crippen molar-refractivity contribution in [3.05, 3.63) is 111 Å². The summed E-state index contributed by atoms with van der Waals surface area (Å²) in [6.07, 6.45) is 3.51. The topological polar surface area (TPSA) is 272 Å². The molecule has 7 N–H and O–H groups in total. The van der Waals surface area contributed by atoms with Crippen LogP contribution >= 0.6 is 0 Å². The second kappa shape index (κ2) is 13.3. The van der Waals surface area contributed by atoms with E-state index in [1.807, 2.05) is 6.07 Å². The fourth-order valence-electron chi connectivity index (χ4n) is 5.76. The molecule has 0 fully saturated rings. The molecule has 4 aromatic carbocycles. The molecule has 0 radical (unpaired) electrons. The summed E-state index contributed by atoms with van der Waals surface area (Å²) in [6, 6.07) is 16.1. The Morgan fingerprint density at radius 3 is 1.77 bits per heavy atom. The molecule has 19 heteroatoms. The van der Waals surface area contributed by atoms with E-state index in [2.05, 4.69) is 21.1 Å². The van der Waals surface area contributed by atoms with Gasteiger partial charge in [0.05, 0.1) is 22.5 Å². The molecule has 0 heterocycles. The van der Waals surface area contributed by atoms with Crippen LogP contribution in [0.4, 0.5) is 17.1 Å². The zero-order valence-electron chi connectivity index (χ0n) is 27.4. The molecular formula is C34H27N5O11S3. The number of benzene rings is 4. The van der Waals surface area contributed by atoms with Gasteiger partial charge in [0.1, 0.15) is 20.4 Å². The van der Waals surface area contributed by atoms with Gasteiger partial charge in [-0.05, 0) is 96.3 Å². The quantitative estimate of drug-likeness (QED) is 0.0810. The van der Waals surface area contributed by atoms with E-state index in [1.54, 1.807) is 44.2 Å². The number of allylic oxidation sites excluding steroid dienone is 2. The van der Waals surface area contributed by atoms with E-state index in [4.69, 9.17) is 5.73 Å². The van der Waals surface area contributed by atoms with E-state index in [0.29, 0.717) is 16.9 Å². The number of carbonyl (C=O) groups is 2. The highest BCUT2D eigenvalue weighted by Crippen LogP contribution is 2.33. The van der Waals surface area contributed by atoms with Gasteiger partial charge < -0.3 is 5.73 Å². The summed E-state index contributed by atoms with van der Waals surface area (Å²) < 4.78 is 101. The standard InChI is InChI=1S/C34H27N5O11S3/c1-17-14-19(6-10-24(17)36-38-26-12-8-22-27(51(42,43)44)13-9-23(35)31(22)33(26)40)20-7-11-25(18(2)15-20)37-39-32-29(53(48,49)50)16-21-4-3-5-28(52(45,46)47)30(21)34(32)41/h3-16,36-37H,35H2,1-2H3,(H,42,43,44)(H,45,46,47)(H,48,49,50)/b38-26-,39-32+. The number of anilines is 3. The zero-order chi connectivity index (χ0) is 38.6. The van der Waals surface area contributed by atoms with Crippen LogP contribution in [0.3, 0.4) is 0 Å². The number of nitrogen functional groups attached to an aromatic ring is 1. The minimum absolute atomic E-state index is 0.0149. The molecule has 0 spiro atoms. The number of nitrogens with one attached hydrogen (secondary N) is 2. The first-order valence-electron chi connectivity index (χ1n) is 15.1. The second-order valence-corrected chi connectivity index (χ2v) is 16.0. The van der Waals surface area contributed by atoms with Gasteiger partial charge in [-0.25, -0.2) is 0 Å². The maximum Gasteiger partial charge on any atom is 0.296 e. The van der Waals surface area contributed by atoms with Crippen molar-refractivity contribution in [1.29, 1.82) is 0 Å². The molecule has 0 bridgehead atoms. The Balaban J connectivity index is 1.23. The summed E-state index contributed by atoms with van der Waals surface area (Å²) >= 11 is 0. The second-order valence-electron chi connectivity index (χ2n) is 11.8. The minimum Gasteiger partial charge on any atom is -0.398 e. The molecular weight excluding hydrogens is 751 g/mol. The summed E-state index contributed by atoms with van der Waals surface area (Å²) in [5, 5.41) is 8.12. The maximum absolute atomic E-state index is 13.4. The molecule has 0 aliphatic heterocycles. The number of hydrogen-bond donors (Lipinski definition) is 6. The van der Waals surface area contributed by atoms with Crippen LogP contribution in [0.1, 0.15) is 43.0 Å². The van der Waals surface area contributed by atoms with Crippen molar-refractivity contribution < 1.29 is 48.5 Å². The van der Waals surface area contributed by atoms with E-state index in [9.17, 15) is 48.5 Å². The summed E-state index contributed by atoms with van der Waals surface area (Å²) in [5.74, 6) is -1.81. The van der Waals surface area contributed by atoms with Gasteiger partial charge in [-0.15, -0.1) is 0 Å². The number of rotatable bonds is 8. The van der Waals surface area contributed by atoms with Crippen molar-refractivity contribution in [2.75, 3.05) is 16.6 Å². The molecule has 0 saturated carbocycles. The fourth-order valence-corrected chi connectivity index (χ4v) is 7.82. The predicted molar refractivity (Wildman–Crippen MR) is 198 cm³/mol. The van der Waals surface area contributed by atoms with Gasteiger partial charge in [0.2, 0.25) is 11.6 Å². The fraction of sp³-hybridized carbons (Fsp3) is 0.0588. The SMILES string of the molecule is Cc1cc(-c2ccc(N/N=C3/C(=O)c4c(cccc4S(=O)(=O)O)C=C3S(=O)(=O)O)c(C)c2)ccc1N/N=C1/C=Cc2c(S(=O)(=O)O)ccc(N)c2C1=O. The number of nitrogens with zero attached hydrogens (tertiary/aromatic N) is 2. The lowest BCUT2D eigenvalue weighted by molar-refractivity contribution is 0.105. The molecule has 0 aromatic heterocycles. The molecule has 16 nitrogen and oxygen atoms in total. The molecule has 2 aliphatic carbocycles. The molecule has 0 amide bonds. The zero-order valence-corrected chi connectivity index (χ0v) is 29.8. The highest BCUT2D eigenvalue weighted by molar-refractivity contribution is 7.91. The van der Waals surface area contributed by atoms with Crippen molar-refractivity contribution in [3.8, 4) is 11.1 Å². The lowest BCUT2D eigenvalue weighted by atomic mass is 9.93. The first-order valence-corrected chi connectivity index (χ1v) is 19.4.